The predicted octanol–water partition coefficient (Wildman–Crippen LogP) is 7.67. The van der Waals surface area contributed by atoms with Crippen LogP contribution >= 0.6 is 7.60 Å². The number of quaternary nitrogens is 1. The lowest BCUT2D eigenvalue weighted by molar-refractivity contribution is -0.883. The highest BCUT2D eigenvalue weighted by atomic mass is 31.2. The van der Waals surface area contributed by atoms with Crippen LogP contribution in [-0.2, 0) is 9.09 Å². The summed E-state index contributed by atoms with van der Waals surface area (Å²) in [5, 5.41) is 0. The smallest absolute Gasteiger partial charge is 0.320 e. The summed E-state index contributed by atoms with van der Waals surface area (Å²) in [6, 6.07) is 0. The van der Waals surface area contributed by atoms with Crippen LogP contribution in [-0.4, -0.2) is 42.9 Å². The van der Waals surface area contributed by atoms with Crippen molar-refractivity contribution in [3.8, 4) is 0 Å². The maximum atomic E-state index is 12.5. The number of allylic oxidation sites excluding steroid dienone is 2. The molecule has 4 nitrogen and oxygen atoms in total. The first-order valence-electron chi connectivity index (χ1n) is 12.2. The van der Waals surface area contributed by atoms with Gasteiger partial charge in [0.1, 0.15) is 0 Å². The van der Waals surface area contributed by atoms with Gasteiger partial charge in [-0.15, -0.1) is 0 Å². The highest BCUT2D eigenvalue weighted by Crippen LogP contribution is 2.51. The van der Waals surface area contributed by atoms with Gasteiger partial charge in [0.25, 0.3) is 0 Å². The molecule has 1 N–H and O–H groups in total. The lowest BCUT2D eigenvalue weighted by Crippen LogP contribution is -2.44. The molecule has 2 unspecified atom stereocenters. The minimum Gasteiger partial charge on any atom is -0.320 e. The zero-order valence-electron chi connectivity index (χ0n) is 20.2. The summed E-state index contributed by atoms with van der Waals surface area (Å²) in [7, 11) is 2.30. The lowest BCUT2D eigenvalue weighted by Gasteiger charge is -2.35. The molecule has 29 heavy (non-hydrogen) atoms. The van der Waals surface area contributed by atoms with Gasteiger partial charge in [0.2, 0.25) is 0 Å². The molecule has 0 fully saturated rings. The van der Waals surface area contributed by atoms with E-state index in [0.29, 0.717) is 17.5 Å². The fourth-order valence-corrected chi connectivity index (χ4v) is 5.75. The van der Waals surface area contributed by atoms with Gasteiger partial charge < -0.3 is 13.9 Å². The van der Waals surface area contributed by atoms with Gasteiger partial charge in [0.05, 0.1) is 27.7 Å². The second-order valence-corrected chi connectivity index (χ2v) is 11.3. The summed E-state index contributed by atoms with van der Waals surface area (Å²) in [6.45, 7) is 4.60. The van der Waals surface area contributed by atoms with Gasteiger partial charge in [-0.25, -0.2) is 0 Å². The topological polar surface area (TPSA) is 46.5 Å². The number of unbranched alkanes of at least 4 members (excludes halogenated alkanes) is 12. The summed E-state index contributed by atoms with van der Waals surface area (Å²) in [5.74, 6) is -0.348. The second kappa shape index (κ2) is 17.5. The van der Waals surface area contributed by atoms with E-state index >= 15 is 0 Å². The average molecular weight is 433 g/mol. The van der Waals surface area contributed by atoms with Crippen LogP contribution in [0.25, 0.3) is 0 Å². The Morgan fingerprint density at radius 2 is 1.24 bits per heavy atom. The highest BCUT2D eigenvalue weighted by molar-refractivity contribution is 7.53. The van der Waals surface area contributed by atoms with Crippen molar-refractivity contribution >= 4 is 7.60 Å². The molecular weight excluding hydrogens is 381 g/mol. The van der Waals surface area contributed by atoms with Crippen molar-refractivity contribution in [2.75, 3.05) is 27.7 Å². The zero-order chi connectivity index (χ0) is 22.0. The molecular formula is C24H51NO3P+. The van der Waals surface area contributed by atoms with Crippen molar-refractivity contribution in [1.82, 2.24) is 0 Å². The Morgan fingerprint density at radius 1 is 0.793 bits per heavy atom. The van der Waals surface area contributed by atoms with Gasteiger partial charge >= 0.3 is 7.60 Å². The third-order valence-electron chi connectivity index (χ3n) is 5.57. The van der Waals surface area contributed by atoms with Crippen LogP contribution in [0.3, 0.4) is 0 Å². The normalized spacial score (nSPS) is 15.7. The molecule has 2 atom stereocenters. The standard InChI is InChI=1S/C24H50NO3P/c1-6-8-9-10-11-12-13-14-15-16-17-18-19-20-21-22-23-28-29(26,27)24(7-2)25(3,4)5/h11-12,24H,6-10,13-23H2,1-5H3/p+1. The Bertz CT molecular complexity index is 446. The Labute approximate surface area is 182 Å². The van der Waals surface area contributed by atoms with E-state index in [9.17, 15) is 9.46 Å². The molecule has 0 aliphatic heterocycles. The van der Waals surface area contributed by atoms with Crippen LogP contribution in [0.4, 0.5) is 0 Å². The van der Waals surface area contributed by atoms with Crippen molar-refractivity contribution in [2.24, 2.45) is 0 Å². The third kappa shape index (κ3) is 16.2. The van der Waals surface area contributed by atoms with Gasteiger partial charge in [0.15, 0.2) is 5.78 Å². The highest BCUT2D eigenvalue weighted by Gasteiger charge is 2.41. The molecule has 0 rings (SSSR count). The van der Waals surface area contributed by atoms with E-state index in [4.69, 9.17) is 4.52 Å². The molecule has 0 heterocycles. The third-order valence-corrected chi connectivity index (χ3v) is 7.93. The number of rotatable bonds is 20. The monoisotopic (exact) mass is 432 g/mol. The number of hydrogen-bond acceptors (Lipinski definition) is 2. The van der Waals surface area contributed by atoms with Gasteiger partial charge in [0, 0.05) is 6.42 Å². The summed E-state index contributed by atoms with van der Waals surface area (Å²) in [4.78, 5) is 10.2. The van der Waals surface area contributed by atoms with Crippen molar-refractivity contribution in [1.29, 1.82) is 0 Å². The molecule has 0 aromatic rings. The largest absolute Gasteiger partial charge is 0.385 e. The summed E-state index contributed by atoms with van der Waals surface area (Å²) in [6.07, 6.45) is 23.0. The fraction of sp³-hybridized carbons (Fsp3) is 0.917. The van der Waals surface area contributed by atoms with E-state index in [1.807, 2.05) is 28.1 Å². The second-order valence-electron chi connectivity index (χ2n) is 9.34. The maximum absolute atomic E-state index is 12.5. The van der Waals surface area contributed by atoms with E-state index in [0.717, 1.165) is 12.8 Å². The van der Waals surface area contributed by atoms with Crippen LogP contribution in [0.1, 0.15) is 110 Å². The fourth-order valence-electron chi connectivity index (χ4n) is 3.85. The first kappa shape index (κ1) is 28.9. The van der Waals surface area contributed by atoms with E-state index in [1.54, 1.807) is 0 Å². The first-order valence-corrected chi connectivity index (χ1v) is 13.8. The molecule has 0 saturated heterocycles. The molecule has 0 spiro atoms. The summed E-state index contributed by atoms with van der Waals surface area (Å²) < 4.78 is 18.3. The molecule has 0 aromatic heterocycles. The van der Waals surface area contributed by atoms with Crippen LogP contribution in [0.5, 0.6) is 0 Å². The van der Waals surface area contributed by atoms with E-state index in [1.165, 1.54) is 77.0 Å². The first-order chi connectivity index (χ1) is 13.8. The molecule has 174 valence electrons. The summed E-state index contributed by atoms with van der Waals surface area (Å²) in [5.41, 5.74) is 0. The van der Waals surface area contributed by atoms with Crippen LogP contribution in [0, 0.1) is 0 Å². The number of hydrogen-bond donors (Lipinski definition) is 1. The molecule has 0 radical (unpaired) electrons. The molecule has 0 aliphatic rings. The Kier molecular flexibility index (Phi) is 17.4. The number of nitrogens with zero attached hydrogens (tertiary/aromatic N) is 1. The lowest BCUT2D eigenvalue weighted by atomic mass is 10.1. The molecule has 0 bridgehead atoms. The van der Waals surface area contributed by atoms with Crippen molar-refractivity contribution in [2.45, 2.75) is 116 Å². The molecule has 5 heteroatoms. The Hall–Kier alpha value is -0.150. The quantitative estimate of drug-likeness (QED) is 0.0929. The minimum absolute atomic E-state index is 0.348. The van der Waals surface area contributed by atoms with Gasteiger partial charge in [-0.05, 0) is 32.1 Å². The minimum atomic E-state index is -3.55. The SMILES string of the molecule is CCCCCC=CCCCCCCCCCCCOP(=O)(O)C(CC)[N+](C)(C)C. The van der Waals surface area contributed by atoms with Crippen LogP contribution in [0.15, 0.2) is 12.2 Å². The average Bonchev–Trinajstić information content (AvgIpc) is 2.63. The van der Waals surface area contributed by atoms with Crippen molar-refractivity contribution in [3.05, 3.63) is 12.2 Å². The maximum Gasteiger partial charge on any atom is 0.385 e. The van der Waals surface area contributed by atoms with Crippen LogP contribution < -0.4 is 0 Å². The Morgan fingerprint density at radius 3 is 1.69 bits per heavy atom. The molecule has 0 aromatic carbocycles. The predicted molar refractivity (Wildman–Crippen MR) is 127 cm³/mol. The van der Waals surface area contributed by atoms with Gasteiger partial charge in [-0.3, -0.25) is 4.57 Å². The molecule has 0 saturated carbocycles. The molecule has 0 aliphatic carbocycles. The van der Waals surface area contributed by atoms with Gasteiger partial charge in [-0.1, -0.05) is 83.8 Å². The van der Waals surface area contributed by atoms with E-state index < -0.39 is 7.60 Å². The zero-order valence-corrected chi connectivity index (χ0v) is 21.1. The Balaban J connectivity index is 3.51. The summed E-state index contributed by atoms with van der Waals surface area (Å²) >= 11 is 0. The van der Waals surface area contributed by atoms with Crippen LogP contribution in [0.2, 0.25) is 0 Å². The van der Waals surface area contributed by atoms with E-state index in [-0.39, 0.29) is 5.78 Å². The van der Waals surface area contributed by atoms with Crippen molar-refractivity contribution in [3.63, 3.8) is 0 Å². The van der Waals surface area contributed by atoms with Crippen molar-refractivity contribution < 1.29 is 18.5 Å². The van der Waals surface area contributed by atoms with E-state index in [2.05, 4.69) is 19.1 Å². The van der Waals surface area contributed by atoms with Gasteiger partial charge in [-0.2, -0.15) is 0 Å². The molecule has 0 amide bonds.